The van der Waals surface area contributed by atoms with Gasteiger partial charge in [0.15, 0.2) is 16.6 Å². The molecule has 0 bridgehead atoms. The zero-order chi connectivity index (χ0) is 12.0. The van der Waals surface area contributed by atoms with Gasteiger partial charge in [0.1, 0.15) is 0 Å². The predicted molar refractivity (Wildman–Crippen MR) is 56.2 cm³/mol. The number of nitrogens with one attached hydrogen (secondary N) is 1. The van der Waals surface area contributed by atoms with Crippen LogP contribution in [-0.4, -0.2) is 39.6 Å². The molecule has 0 spiro atoms. The van der Waals surface area contributed by atoms with Crippen LogP contribution in [0.2, 0.25) is 0 Å². The minimum atomic E-state index is -0.164. The molecule has 1 aromatic heterocycles. The molecule has 4 N–H and O–H groups in total. The molecule has 1 aromatic rings. The topological polar surface area (TPSA) is 127 Å². The molecule has 16 heavy (non-hydrogen) atoms. The number of amidine groups is 1. The van der Waals surface area contributed by atoms with Gasteiger partial charge < -0.3 is 16.3 Å². The lowest BCUT2D eigenvalue weighted by atomic mass is 10.4. The molecule has 8 nitrogen and oxygen atoms in total. The van der Waals surface area contributed by atoms with Crippen molar-refractivity contribution in [1.29, 1.82) is 0 Å². The molecule has 1 heterocycles. The summed E-state index contributed by atoms with van der Waals surface area (Å²) in [6, 6.07) is 0. The first-order valence-corrected chi connectivity index (χ1v) is 5.31. The second kappa shape index (κ2) is 5.95. The maximum atomic E-state index is 10.6. The van der Waals surface area contributed by atoms with Gasteiger partial charge in [0.2, 0.25) is 5.91 Å². The van der Waals surface area contributed by atoms with Gasteiger partial charge in [-0.3, -0.25) is 4.79 Å². The fourth-order valence-electron chi connectivity index (χ4n) is 0.854. The van der Waals surface area contributed by atoms with Crippen LogP contribution in [0.1, 0.15) is 12.6 Å². The van der Waals surface area contributed by atoms with Crippen LogP contribution in [0.5, 0.6) is 0 Å². The Balaban J connectivity index is 2.48. The third-order valence-corrected chi connectivity index (χ3v) is 2.47. The van der Waals surface area contributed by atoms with Gasteiger partial charge in [-0.05, 0) is 10.3 Å². The van der Waals surface area contributed by atoms with Crippen LogP contribution in [0.3, 0.4) is 0 Å². The van der Waals surface area contributed by atoms with E-state index >= 15 is 0 Å². The van der Waals surface area contributed by atoms with Crippen molar-refractivity contribution in [1.82, 2.24) is 15.6 Å². The summed E-state index contributed by atoms with van der Waals surface area (Å²) in [6.07, 6.45) is 0. The lowest BCUT2D eigenvalue weighted by Crippen LogP contribution is -2.22. The Morgan fingerprint density at radius 1 is 1.69 bits per heavy atom. The van der Waals surface area contributed by atoms with E-state index in [-0.39, 0.29) is 17.4 Å². The molecule has 0 unspecified atom stereocenters. The SMILES string of the molecule is CC(=O)NCCSc1nonc1/C(N)=N/O. The molecule has 0 fully saturated rings. The Hall–Kier alpha value is -1.77. The van der Waals surface area contributed by atoms with Crippen molar-refractivity contribution >= 4 is 23.5 Å². The largest absolute Gasteiger partial charge is 0.409 e. The normalized spacial score (nSPS) is 11.4. The number of carbonyl (C=O) groups excluding carboxylic acids is 1. The van der Waals surface area contributed by atoms with Crippen molar-refractivity contribution in [3.05, 3.63) is 5.69 Å². The van der Waals surface area contributed by atoms with Gasteiger partial charge in [-0.2, -0.15) is 0 Å². The summed E-state index contributed by atoms with van der Waals surface area (Å²) in [5, 5.41) is 21.4. The summed E-state index contributed by atoms with van der Waals surface area (Å²) < 4.78 is 4.47. The molecular formula is C7H11N5O3S. The Labute approximate surface area is 95.2 Å². The number of carbonyl (C=O) groups is 1. The number of aromatic nitrogens is 2. The summed E-state index contributed by atoms with van der Waals surface area (Å²) in [5.41, 5.74) is 5.54. The molecule has 9 heteroatoms. The minimum Gasteiger partial charge on any atom is -0.409 e. The van der Waals surface area contributed by atoms with E-state index in [0.29, 0.717) is 17.3 Å². The molecule has 0 saturated carbocycles. The standard InChI is InChI=1S/C7H11N5O3S/c1-4(13)9-2-3-16-7-5(6(8)10-14)11-15-12-7/h14H,2-3H2,1H3,(H2,8,10)(H,9,13). The van der Waals surface area contributed by atoms with Gasteiger partial charge in [-0.25, -0.2) is 4.63 Å². The van der Waals surface area contributed by atoms with Gasteiger partial charge >= 0.3 is 0 Å². The van der Waals surface area contributed by atoms with E-state index < -0.39 is 0 Å². The van der Waals surface area contributed by atoms with Crippen LogP contribution in [0.15, 0.2) is 14.8 Å². The highest BCUT2D eigenvalue weighted by Gasteiger charge is 2.14. The van der Waals surface area contributed by atoms with E-state index in [1.54, 1.807) is 0 Å². The van der Waals surface area contributed by atoms with Crippen molar-refractivity contribution in [2.45, 2.75) is 11.9 Å². The third kappa shape index (κ3) is 3.42. The van der Waals surface area contributed by atoms with Crippen LogP contribution < -0.4 is 11.1 Å². The van der Waals surface area contributed by atoms with Gasteiger partial charge in [0.25, 0.3) is 0 Å². The fourth-order valence-corrected chi connectivity index (χ4v) is 1.62. The van der Waals surface area contributed by atoms with Crippen LogP contribution in [-0.2, 0) is 4.79 Å². The molecule has 88 valence electrons. The van der Waals surface area contributed by atoms with E-state index in [4.69, 9.17) is 10.9 Å². The second-order valence-corrected chi connectivity index (χ2v) is 3.82. The number of hydrogen-bond donors (Lipinski definition) is 3. The lowest BCUT2D eigenvalue weighted by Gasteiger charge is -2.00. The van der Waals surface area contributed by atoms with E-state index in [2.05, 4.69) is 25.4 Å². The highest BCUT2D eigenvalue weighted by Crippen LogP contribution is 2.17. The molecule has 0 saturated heterocycles. The van der Waals surface area contributed by atoms with Gasteiger partial charge in [-0.15, -0.1) is 0 Å². The number of amides is 1. The van der Waals surface area contributed by atoms with Crippen molar-refractivity contribution in [3.63, 3.8) is 0 Å². The molecular weight excluding hydrogens is 234 g/mol. The first-order valence-electron chi connectivity index (χ1n) is 4.33. The Morgan fingerprint density at radius 3 is 3.06 bits per heavy atom. The van der Waals surface area contributed by atoms with Crippen LogP contribution in [0.4, 0.5) is 0 Å². The fraction of sp³-hybridized carbons (Fsp3) is 0.429. The van der Waals surface area contributed by atoms with E-state index in [9.17, 15) is 4.79 Å². The summed E-state index contributed by atoms with van der Waals surface area (Å²) >= 11 is 1.29. The quantitative estimate of drug-likeness (QED) is 0.158. The zero-order valence-corrected chi connectivity index (χ0v) is 9.32. The molecule has 0 aliphatic carbocycles. The van der Waals surface area contributed by atoms with E-state index in [1.807, 2.05) is 0 Å². The highest BCUT2D eigenvalue weighted by atomic mass is 32.2. The molecule has 1 amide bonds. The Bertz CT molecular complexity index is 391. The van der Waals surface area contributed by atoms with Crippen molar-refractivity contribution in [2.75, 3.05) is 12.3 Å². The number of nitrogens with two attached hydrogens (primary N) is 1. The molecule has 1 rings (SSSR count). The third-order valence-electron chi connectivity index (χ3n) is 1.52. The molecule has 0 aromatic carbocycles. The minimum absolute atomic E-state index is 0.101. The van der Waals surface area contributed by atoms with Gasteiger partial charge in [-0.1, -0.05) is 16.9 Å². The van der Waals surface area contributed by atoms with Crippen LogP contribution >= 0.6 is 11.8 Å². The summed E-state index contributed by atoms with van der Waals surface area (Å²) in [6.45, 7) is 1.92. The maximum Gasteiger partial charge on any atom is 0.216 e. The van der Waals surface area contributed by atoms with Crippen molar-refractivity contribution < 1.29 is 14.6 Å². The summed E-state index contributed by atoms with van der Waals surface area (Å²) in [5.74, 6) is 0.318. The van der Waals surface area contributed by atoms with Crippen molar-refractivity contribution in [2.24, 2.45) is 10.9 Å². The summed E-state index contributed by atoms with van der Waals surface area (Å²) in [4.78, 5) is 10.6. The van der Waals surface area contributed by atoms with E-state index in [1.165, 1.54) is 18.7 Å². The number of nitrogens with zero attached hydrogens (tertiary/aromatic N) is 3. The number of thioether (sulfide) groups is 1. The van der Waals surface area contributed by atoms with Gasteiger partial charge in [0.05, 0.1) is 0 Å². The first kappa shape index (κ1) is 12.3. The smallest absolute Gasteiger partial charge is 0.216 e. The number of oxime groups is 1. The molecule has 0 aliphatic heterocycles. The predicted octanol–water partition coefficient (Wildman–Crippen LogP) is -0.608. The van der Waals surface area contributed by atoms with E-state index in [0.717, 1.165) is 0 Å². The molecule has 0 aliphatic rings. The molecule has 0 atom stereocenters. The average molecular weight is 245 g/mol. The average Bonchev–Trinajstić information content (AvgIpc) is 2.71. The highest BCUT2D eigenvalue weighted by molar-refractivity contribution is 7.99. The lowest BCUT2D eigenvalue weighted by molar-refractivity contribution is -0.118. The summed E-state index contributed by atoms with van der Waals surface area (Å²) in [7, 11) is 0. The number of hydrogen-bond acceptors (Lipinski definition) is 7. The Kier molecular flexibility index (Phi) is 4.58. The van der Waals surface area contributed by atoms with Crippen LogP contribution in [0, 0.1) is 0 Å². The number of rotatable bonds is 5. The zero-order valence-electron chi connectivity index (χ0n) is 8.51. The van der Waals surface area contributed by atoms with Crippen molar-refractivity contribution in [3.8, 4) is 0 Å². The first-order chi connectivity index (χ1) is 7.65. The van der Waals surface area contributed by atoms with Gasteiger partial charge in [0, 0.05) is 19.2 Å². The second-order valence-electron chi connectivity index (χ2n) is 2.73. The molecule has 0 radical (unpaired) electrons. The van der Waals surface area contributed by atoms with Crippen LogP contribution in [0.25, 0.3) is 0 Å². The Morgan fingerprint density at radius 2 is 2.44 bits per heavy atom. The maximum absolute atomic E-state index is 10.6. The monoisotopic (exact) mass is 245 g/mol.